The summed E-state index contributed by atoms with van der Waals surface area (Å²) in [4.78, 5) is 4.33. The Balaban J connectivity index is 1.63. The predicted molar refractivity (Wildman–Crippen MR) is 79.4 cm³/mol. The maximum Gasteiger partial charge on any atom is 0.167 e. The van der Waals surface area contributed by atoms with Gasteiger partial charge in [-0.1, -0.05) is 24.3 Å². The van der Waals surface area contributed by atoms with Gasteiger partial charge in [0.2, 0.25) is 0 Å². The van der Waals surface area contributed by atoms with Gasteiger partial charge in [-0.25, -0.2) is 4.98 Å². The number of nitrogens with zero attached hydrogens (tertiary/aromatic N) is 3. The molecule has 1 N–H and O–H groups in total. The summed E-state index contributed by atoms with van der Waals surface area (Å²) in [5.41, 5.74) is 3.03. The van der Waals surface area contributed by atoms with Gasteiger partial charge < -0.3 is 5.32 Å². The number of hydrogen-bond acceptors (Lipinski definition) is 3. The van der Waals surface area contributed by atoms with Crippen molar-refractivity contribution < 1.29 is 0 Å². The van der Waals surface area contributed by atoms with E-state index in [0.29, 0.717) is 6.04 Å². The van der Waals surface area contributed by atoms with Crippen molar-refractivity contribution in [3.63, 3.8) is 0 Å². The van der Waals surface area contributed by atoms with Gasteiger partial charge >= 0.3 is 0 Å². The van der Waals surface area contributed by atoms with E-state index in [1.807, 2.05) is 7.05 Å². The van der Waals surface area contributed by atoms with Crippen LogP contribution in [-0.2, 0) is 19.9 Å². The Morgan fingerprint density at radius 1 is 1.20 bits per heavy atom. The molecule has 0 aliphatic heterocycles. The number of nitrogens with one attached hydrogen (secondary N) is 1. The van der Waals surface area contributed by atoms with Crippen molar-refractivity contribution in [2.45, 2.75) is 44.7 Å². The molecule has 0 saturated carbocycles. The van der Waals surface area contributed by atoms with Crippen LogP contribution in [0.1, 0.15) is 42.8 Å². The number of aryl methyl sites for hydroxylation is 3. The first-order valence-electron chi connectivity index (χ1n) is 7.41. The lowest BCUT2D eigenvalue weighted by Gasteiger charge is -2.20. The van der Waals surface area contributed by atoms with Crippen molar-refractivity contribution in [3.8, 4) is 0 Å². The average Bonchev–Trinajstić information content (AvgIpc) is 2.79. The van der Waals surface area contributed by atoms with Crippen LogP contribution in [0.4, 0.5) is 0 Å². The number of hydrogen-bond donors (Lipinski definition) is 1. The molecule has 0 fully saturated rings. The first kappa shape index (κ1) is 13.3. The number of fused-ring (bicyclic) bond motifs is 1. The molecule has 1 aromatic carbocycles. The van der Waals surface area contributed by atoms with E-state index in [1.54, 1.807) is 11.0 Å². The van der Waals surface area contributed by atoms with Crippen molar-refractivity contribution in [1.82, 2.24) is 20.1 Å². The smallest absolute Gasteiger partial charge is 0.167 e. The van der Waals surface area contributed by atoms with Crippen LogP contribution >= 0.6 is 0 Å². The SMILES string of the molecule is CC(NC1CCc2ccccc2CC1)c1ncn(C)n1. The van der Waals surface area contributed by atoms with Crippen molar-refractivity contribution in [2.24, 2.45) is 7.05 Å². The van der Waals surface area contributed by atoms with E-state index in [9.17, 15) is 0 Å². The molecule has 0 amide bonds. The second-order valence-electron chi connectivity index (χ2n) is 5.71. The lowest BCUT2D eigenvalue weighted by atomic mass is 10.0. The Kier molecular flexibility index (Phi) is 3.83. The monoisotopic (exact) mass is 270 g/mol. The molecule has 0 saturated heterocycles. The van der Waals surface area contributed by atoms with Crippen LogP contribution in [-0.4, -0.2) is 20.8 Å². The molecule has 20 heavy (non-hydrogen) atoms. The fourth-order valence-corrected chi connectivity index (χ4v) is 3.00. The van der Waals surface area contributed by atoms with E-state index in [-0.39, 0.29) is 6.04 Å². The standard InChI is InChI=1S/C16H22N4/c1-12(16-17-11-20(2)19-16)18-15-9-7-13-5-3-4-6-14(13)8-10-15/h3-6,11-12,15,18H,7-10H2,1-2H3. The highest BCUT2D eigenvalue weighted by atomic mass is 15.3. The number of benzene rings is 1. The van der Waals surface area contributed by atoms with Gasteiger partial charge in [0.1, 0.15) is 6.33 Å². The third kappa shape index (κ3) is 2.90. The van der Waals surface area contributed by atoms with E-state index >= 15 is 0 Å². The Labute approximate surface area is 120 Å². The zero-order chi connectivity index (χ0) is 13.9. The molecule has 1 aliphatic carbocycles. The van der Waals surface area contributed by atoms with E-state index in [2.05, 4.69) is 46.6 Å². The molecule has 1 aliphatic rings. The molecule has 0 radical (unpaired) electrons. The van der Waals surface area contributed by atoms with Crippen molar-refractivity contribution in [3.05, 3.63) is 47.5 Å². The van der Waals surface area contributed by atoms with Gasteiger partial charge in [0.05, 0.1) is 6.04 Å². The predicted octanol–water partition coefficient (Wildman–Crippen LogP) is 2.41. The quantitative estimate of drug-likeness (QED) is 0.871. The molecular formula is C16H22N4. The zero-order valence-electron chi connectivity index (χ0n) is 12.2. The minimum atomic E-state index is 0.211. The minimum Gasteiger partial charge on any atom is -0.305 e. The number of aromatic nitrogens is 3. The molecule has 1 atom stereocenters. The topological polar surface area (TPSA) is 42.7 Å². The normalized spacial score (nSPS) is 17.5. The van der Waals surface area contributed by atoms with E-state index in [0.717, 1.165) is 18.7 Å². The summed E-state index contributed by atoms with van der Waals surface area (Å²) in [6.45, 7) is 2.15. The van der Waals surface area contributed by atoms with Crippen LogP contribution in [0.3, 0.4) is 0 Å². The Morgan fingerprint density at radius 2 is 1.85 bits per heavy atom. The molecule has 4 nitrogen and oxygen atoms in total. The highest BCUT2D eigenvalue weighted by molar-refractivity contribution is 5.28. The number of rotatable bonds is 3. The molecule has 1 heterocycles. The van der Waals surface area contributed by atoms with Gasteiger partial charge in [0.25, 0.3) is 0 Å². The molecule has 106 valence electrons. The zero-order valence-corrected chi connectivity index (χ0v) is 12.2. The van der Waals surface area contributed by atoms with Crippen molar-refractivity contribution >= 4 is 0 Å². The summed E-state index contributed by atoms with van der Waals surface area (Å²) in [6.07, 6.45) is 6.46. The largest absolute Gasteiger partial charge is 0.305 e. The van der Waals surface area contributed by atoms with Gasteiger partial charge in [-0.2, -0.15) is 5.10 Å². The molecule has 2 aromatic rings. The van der Waals surface area contributed by atoms with Crippen LogP contribution in [0.5, 0.6) is 0 Å². The summed E-state index contributed by atoms with van der Waals surface area (Å²) in [6, 6.07) is 9.58. The van der Waals surface area contributed by atoms with Crippen LogP contribution < -0.4 is 5.32 Å². The van der Waals surface area contributed by atoms with Crippen LogP contribution in [0.2, 0.25) is 0 Å². The van der Waals surface area contributed by atoms with Crippen molar-refractivity contribution in [2.75, 3.05) is 0 Å². The first-order valence-corrected chi connectivity index (χ1v) is 7.41. The average molecular weight is 270 g/mol. The maximum absolute atomic E-state index is 4.38. The third-order valence-electron chi connectivity index (χ3n) is 4.13. The summed E-state index contributed by atoms with van der Waals surface area (Å²) in [5.74, 6) is 0.884. The highest BCUT2D eigenvalue weighted by Crippen LogP contribution is 2.22. The molecule has 3 rings (SSSR count). The van der Waals surface area contributed by atoms with Gasteiger partial charge in [-0.05, 0) is 43.7 Å². The van der Waals surface area contributed by atoms with Crippen LogP contribution in [0.25, 0.3) is 0 Å². The summed E-state index contributed by atoms with van der Waals surface area (Å²) >= 11 is 0. The lowest BCUT2D eigenvalue weighted by molar-refractivity contribution is 0.406. The molecule has 0 spiro atoms. The van der Waals surface area contributed by atoms with Gasteiger partial charge in [0.15, 0.2) is 5.82 Å². The van der Waals surface area contributed by atoms with Crippen LogP contribution in [0.15, 0.2) is 30.6 Å². The molecule has 4 heteroatoms. The van der Waals surface area contributed by atoms with Gasteiger partial charge in [0, 0.05) is 13.1 Å². The van der Waals surface area contributed by atoms with E-state index in [1.165, 1.54) is 24.0 Å². The van der Waals surface area contributed by atoms with Gasteiger partial charge in [-0.15, -0.1) is 0 Å². The third-order valence-corrected chi connectivity index (χ3v) is 4.13. The fourth-order valence-electron chi connectivity index (χ4n) is 3.00. The Morgan fingerprint density at radius 3 is 2.40 bits per heavy atom. The summed E-state index contributed by atoms with van der Waals surface area (Å²) < 4.78 is 1.76. The van der Waals surface area contributed by atoms with Crippen molar-refractivity contribution in [1.29, 1.82) is 0 Å². The Bertz CT molecular complexity index is 548. The van der Waals surface area contributed by atoms with Gasteiger partial charge in [-0.3, -0.25) is 4.68 Å². The minimum absolute atomic E-state index is 0.211. The molecule has 1 unspecified atom stereocenters. The highest BCUT2D eigenvalue weighted by Gasteiger charge is 2.19. The van der Waals surface area contributed by atoms with E-state index < -0.39 is 0 Å². The second kappa shape index (κ2) is 5.75. The first-order chi connectivity index (χ1) is 9.72. The second-order valence-corrected chi connectivity index (χ2v) is 5.71. The lowest BCUT2D eigenvalue weighted by Crippen LogP contribution is -2.32. The summed E-state index contributed by atoms with van der Waals surface area (Å²) in [7, 11) is 1.91. The molecule has 0 bridgehead atoms. The maximum atomic E-state index is 4.38. The Hall–Kier alpha value is -1.68. The van der Waals surface area contributed by atoms with E-state index in [4.69, 9.17) is 0 Å². The molecular weight excluding hydrogens is 248 g/mol. The summed E-state index contributed by atoms with van der Waals surface area (Å²) in [5, 5.41) is 8.07. The fraction of sp³-hybridized carbons (Fsp3) is 0.500. The molecule has 1 aromatic heterocycles. The van der Waals surface area contributed by atoms with Crippen LogP contribution in [0, 0.1) is 0 Å².